The molecule has 0 aliphatic carbocycles. The lowest BCUT2D eigenvalue weighted by Gasteiger charge is -2.17. The molecule has 1 heterocycles. The van der Waals surface area contributed by atoms with Crippen LogP contribution in [-0.4, -0.2) is 16.6 Å². The normalized spacial score (nSPS) is 12.7. The van der Waals surface area contributed by atoms with Crippen molar-refractivity contribution in [3.05, 3.63) is 66.2 Å². The molecule has 0 spiro atoms. The van der Waals surface area contributed by atoms with Gasteiger partial charge in [0.25, 0.3) is 0 Å². The lowest BCUT2D eigenvalue weighted by Crippen LogP contribution is -2.21. The number of likely N-dealkylation sites (N-methyl/N-ethyl adjacent to an activating group) is 1. The molecule has 0 bridgehead atoms. The quantitative estimate of drug-likeness (QED) is 0.788. The number of rotatable bonds is 4. The summed E-state index contributed by atoms with van der Waals surface area (Å²) in [5, 5.41) is 3.27. The van der Waals surface area contributed by atoms with Crippen LogP contribution in [-0.2, 0) is 6.54 Å². The molecule has 0 saturated heterocycles. The average Bonchev–Trinajstić information content (AvgIpc) is 2.89. The molecule has 2 aromatic carbocycles. The number of imidazole rings is 1. The van der Waals surface area contributed by atoms with Gasteiger partial charge in [-0.25, -0.2) is 9.37 Å². The summed E-state index contributed by atoms with van der Waals surface area (Å²) in [5.74, 6) is -0.211. The molecule has 0 amide bonds. The fourth-order valence-electron chi connectivity index (χ4n) is 2.41. The predicted molar refractivity (Wildman–Crippen MR) is 77.9 cm³/mol. The summed E-state index contributed by atoms with van der Waals surface area (Å²) in [6.07, 6.45) is 1.85. The van der Waals surface area contributed by atoms with Crippen LogP contribution in [0.15, 0.2) is 54.9 Å². The first-order chi connectivity index (χ1) is 9.78. The highest BCUT2D eigenvalue weighted by atomic mass is 19.1. The summed E-state index contributed by atoms with van der Waals surface area (Å²) >= 11 is 0. The van der Waals surface area contributed by atoms with Gasteiger partial charge in [-0.1, -0.05) is 24.3 Å². The van der Waals surface area contributed by atoms with Gasteiger partial charge in [-0.3, -0.25) is 0 Å². The Kier molecular flexibility index (Phi) is 3.48. The minimum atomic E-state index is -0.211. The van der Waals surface area contributed by atoms with Gasteiger partial charge in [0.2, 0.25) is 0 Å². The van der Waals surface area contributed by atoms with Gasteiger partial charge in [0.1, 0.15) is 5.82 Å². The summed E-state index contributed by atoms with van der Waals surface area (Å²) in [6, 6.07) is 14.8. The second-order valence-corrected chi connectivity index (χ2v) is 4.78. The Morgan fingerprint density at radius 1 is 1.15 bits per heavy atom. The lowest BCUT2D eigenvalue weighted by atomic mass is 10.1. The predicted octanol–water partition coefficient (Wildman–Crippen LogP) is 3.14. The minimum Gasteiger partial charge on any atom is -0.329 e. The molecule has 3 aromatic rings. The van der Waals surface area contributed by atoms with Crippen LogP contribution in [0.25, 0.3) is 11.0 Å². The molecule has 0 aliphatic heterocycles. The Morgan fingerprint density at radius 3 is 2.65 bits per heavy atom. The molecular formula is C16H16FN3. The molecule has 0 saturated carbocycles. The zero-order valence-electron chi connectivity index (χ0n) is 11.3. The second kappa shape index (κ2) is 5.43. The molecule has 1 atom stereocenters. The maximum atomic E-state index is 13.0. The van der Waals surface area contributed by atoms with Crippen LogP contribution in [0.2, 0.25) is 0 Å². The molecule has 1 unspecified atom stereocenters. The molecule has 0 fully saturated rings. The van der Waals surface area contributed by atoms with Crippen LogP contribution >= 0.6 is 0 Å². The zero-order valence-corrected chi connectivity index (χ0v) is 11.3. The van der Waals surface area contributed by atoms with E-state index in [1.807, 2.05) is 43.7 Å². The van der Waals surface area contributed by atoms with Crippen LogP contribution in [0, 0.1) is 5.82 Å². The van der Waals surface area contributed by atoms with E-state index in [9.17, 15) is 4.39 Å². The molecule has 0 aliphatic rings. The molecule has 20 heavy (non-hydrogen) atoms. The van der Waals surface area contributed by atoms with Gasteiger partial charge in [-0.2, -0.15) is 0 Å². The third-order valence-corrected chi connectivity index (χ3v) is 3.53. The highest BCUT2D eigenvalue weighted by Crippen LogP contribution is 2.19. The molecule has 3 rings (SSSR count). The average molecular weight is 269 g/mol. The number of benzene rings is 2. The van der Waals surface area contributed by atoms with E-state index in [-0.39, 0.29) is 11.9 Å². The fraction of sp³-hybridized carbons (Fsp3) is 0.188. The number of fused-ring (bicyclic) bond motifs is 1. The summed E-state index contributed by atoms with van der Waals surface area (Å²) in [7, 11) is 1.91. The minimum absolute atomic E-state index is 0.119. The first kappa shape index (κ1) is 12.8. The summed E-state index contributed by atoms with van der Waals surface area (Å²) in [6.45, 7) is 0.753. The first-order valence-electron chi connectivity index (χ1n) is 6.60. The van der Waals surface area contributed by atoms with Crippen molar-refractivity contribution < 1.29 is 4.39 Å². The van der Waals surface area contributed by atoms with Crippen LogP contribution < -0.4 is 5.32 Å². The number of para-hydroxylation sites is 2. The number of nitrogens with one attached hydrogen (secondary N) is 1. The summed E-state index contributed by atoms with van der Waals surface area (Å²) < 4.78 is 15.1. The molecule has 1 aromatic heterocycles. The van der Waals surface area contributed by atoms with Crippen molar-refractivity contribution in [2.24, 2.45) is 0 Å². The van der Waals surface area contributed by atoms with E-state index in [1.54, 1.807) is 0 Å². The van der Waals surface area contributed by atoms with E-state index in [4.69, 9.17) is 0 Å². The van der Waals surface area contributed by atoms with E-state index in [1.165, 1.54) is 12.1 Å². The van der Waals surface area contributed by atoms with Crippen molar-refractivity contribution in [2.75, 3.05) is 7.05 Å². The van der Waals surface area contributed by atoms with E-state index in [2.05, 4.69) is 20.9 Å². The van der Waals surface area contributed by atoms with Crippen molar-refractivity contribution in [1.29, 1.82) is 0 Å². The summed E-state index contributed by atoms with van der Waals surface area (Å²) in [5.41, 5.74) is 3.16. The van der Waals surface area contributed by atoms with Crippen LogP contribution in [0.4, 0.5) is 4.39 Å². The van der Waals surface area contributed by atoms with E-state index >= 15 is 0 Å². The Hall–Kier alpha value is -2.20. The van der Waals surface area contributed by atoms with Crippen LogP contribution in [0.3, 0.4) is 0 Å². The summed E-state index contributed by atoms with van der Waals surface area (Å²) in [4.78, 5) is 4.39. The monoisotopic (exact) mass is 269 g/mol. The van der Waals surface area contributed by atoms with Crippen molar-refractivity contribution >= 4 is 11.0 Å². The molecule has 0 radical (unpaired) electrons. The number of hydrogen-bond donors (Lipinski definition) is 1. The highest BCUT2D eigenvalue weighted by Gasteiger charge is 2.11. The van der Waals surface area contributed by atoms with Crippen LogP contribution in [0.5, 0.6) is 0 Å². The number of nitrogens with zero attached hydrogens (tertiary/aromatic N) is 2. The van der Waals surface area contributed by atoms with Gasteiger partial charge in [-0.05, 0) is 36.9 Å². The van der Waals surface area contributed by atoms with Crippen molar-refractivity contribution in [1.82, 2.24) is 14.9 Å². The van der Waals surface area contributed by atoms with Gasteiger partial charge in [0.05, 0.1) is 23.4 Å². The van der Waals surface area contributed by atoms with E-state index in [0.29, 0.717) is 0 Å². The molecule has 4 heteroatoms. The Morgan fingerprint density at radius 2 is 1.90 bits per heavy atom. The van der Waals surface area contributed by atoms with E-state index < -0.39 is 0 Å². The second-order valence-electron chi connectivity index (χ2n) is 4.78. The van der Waals surface area contributed by atoms with E-state index in [0.717, 1.165) is 23.1 Å². The third kappa shape index (κ3) is 2.42. The first-order valence-corrected chi connectivity index (χ1v) is 6.60. The van der Waals surface area contributed by atoms with Gasteiger partial charge in [0, 0.05) is 6.54 Å². The fourth-order valence-corrected chi connectivity index (χ4v) is 2.41. The Bertz CT molecular complexity index is 703. The standard InChI is InChI=1S/C16H16FN3/c1-18-15(12-6-8-13(17)9-7-12)10-20-11-19-14-4-2-3-5-16(14)20/h2-9,11,15,18H,10H2,1H3. The maximum absolute atomic E-state index is 13.0. The van der Waals surface area contributed by atoms with Crippen molar-refractivity contribution in [2.45, 2.75) is 12.6 Å². The highest BCUT2D eigenvalue weighted by molar-refractivity contribution is 5.74. The third-order valence-electron chi connectivity index (χ3n) is 3.53. The van der Waals surface area contributed by atoms with Gasteiger partial charge in [0.15, 0.2) is 0 Å². The lowest BCUT2D eigenvalue weighted by molar-refractivity contribution is 0.506. The topological polar surface area (TPSA) is 29.9 Å². The van der Waals surface area contributed by atoms with Gasteiger partial charge >= 0.3 is 0 Å². The number of aromatic nitrogens is 2. The molecule has 102 valence electrons. The van der Waals surface area contributed by atoms with Crippen molar-refractivity contribution in [3.8, 4) is 0 Å². The molecule has 3 nitrogen and oxygen atoms in total. The van der Waals surface area contributed by atoms with Gasteiger partial charge in [-0.15, -0.1) is 0 Å². The Labute approximate surface area is 117 Å². The van der Waals surface area contributed by atoms with Gasteiger partial charge < -0.3 is 9.88 Å². The zero-order chi connectivity index (χ0) is 13.9. The SMILES string of the molecule is CNC(Cn1cnc2ccccc21)c1ccc(F)cc1. The van der Waals surface area contributed by atoms with Crippen LogP contribution in [0.1, 0.15) is 11.6 Å². The smallest absolute Gasteiger partial charge is 0.123 e. The Balaban J connectivity index is 1.89. The largest absolute Gasteiger partial charge is 0.329 e. The number of halogens is 1. The number of hydrogen-bond acceptors (Lipinski definition) is 2. The maximum Gasteiger partial charge on any atom is 0.123 e. The molecular weight excluding hydrogens is 253 g/mol. The van der Waals surface area contributed by atoms with Crippen molar-refractivity contribution in [3.63, 3.8) is 0 Å². The molecule has 1 N–H and O–H groups in total.